The summed E-state index contributed by atoms with van der Waals surface area (Å²) in [6.07, 6.45) is -5.23. The maximum atomic E-state index is 12.8. The second-order valence-corrected chi connectivity index (χ2v) is 8.77. The molecule has 2 N–H and O–H groups in total. The number of rotatable bonds is 6. The van der Waals surface area contributed by atoms with Crippen molar-refractivity contribution >= 4 is 39.0 Å². The van der Waals surface area contributed by atoms with Crippen LogP contribution in [0.25, 0.3) is 0 Å². The van der Waals surface area contributed by atoms with E-state index in [-0.39, 0.29) is 39.6 Å². The molecule has 0 radical (unpaired) electrons. The molecule has 7 nitrogen and oxygen atoms in total. The van der Waals surface area contributed by atoms with Crippen LogP contribution in [-0.4, -0.2) is 43.8 Å². The van der Waals surface area contributed by atoms with E-state index in [1.54, 1.807) is 6.92 Å². The Morgan fingerprint density at radius 2 is 1.65 bits per heavy atom. The van der Waals surface area contributed by atoms with Crippen LogP contribution >= 0.6 is 11.6 Å². The van der Waals surface area contributed by atoms with Crippen LogP contribution in [0.5, 0.6) is 0 Å². The number of hydrogen-bond donors (Lipinski definition) is 2. The van der Waals surface area contributed by atoms with E-state index in [1.165, 1.54) is 24.3 Å². The third-order valence-corrected chi connectivity index (χ3v) is 6.25. The smallest absolute Gasteiger partial charge is 0.426 e. The molecule has 0 saturated carbocycles. The van der Waals surface area contributed by atoms with Crippen molar-refractivity contribution in [3.8, 4) is 0 Å². The molecule has 1 atom stereocenters. The molecule has 0 heterocycles. The van der Waals surface area contributed by atoms with Crippen molar-refractivity contribution in [2.75, 3.05) is 11.9 Å². The van der Waals surface area contributed by atoms with Crippen LogP contribution in [0, 0.1) is 0 Å². The molecule has 1 amide bonds. The van der Waals surface area contributed by atoms with Gasteiger partial charge >= 0.3 is 12.1 Å². The monoisotopic (exact) mass is 479 g/mol. The van der Waals surface area contributed by atoms with E-state index in [4.69, 9.17) is 16.3 Å². The first kappa shape index (κ1) is 24.6. The Bertz CT molecular complexity index is 1100. The lowest BCUT2D eigenvalue weighted by molar-refractivity contribution is -0.242. The van der Waals surface area contributed by atoms with E-state index in [9.17, 15) is 36.3 Å². The van der Waals surface area contributed by atoms with Gasteiger partial charge in [0.1, 0.15) is 0 Å². The molecule has 0 saturated heterocycles. The van der Waals surface area contributed by atoms with Gasteiger partial charge in [-0.2, -0.15) is 13.2 Å². The minimum atomic E-state index is -5.23. The molecule has 0 aliphatic carbocycles. The number of esters is 1. The summed E-state index contributed by atoms with van der Waals surface area (Å²) in [5.41, 5.74) is -3.86. The topological polar surface area (TPSA) is 110 Å². The summed E-state index contributed by atoms with van der Waals surface area (Å²) in [4.78, 5) is 23.0. The van der Waals surface area contributed by atoms with Crippen LogP contribution in [0.2, 0.25) is 5.02 Å². The van der Waals surface area contributed by atoms with Gasteiger partial charge in [0.2, 0.25) is 15.4 Å². The van der Waals surface area contributed by atoms with Crippen LogP contribution in [-0.2, 0) is 19.4 Å². The number of aliphatic hydroxyl groups is 1. The highest BCUT2D eigenvalue weighted by molar-refractivity contribution is 7.91. The van der Waals surface area contributed by atoms with Gasteiger partial charge in [0.25, 0.3) is 5.91 Å². The summed E-state index contributed by atoms with van der Waals surface area (Å²) in [7, 11) is -4.09. The molecule has 31 heavy (non-hydrogen) atoms. The maximum absolute atomic E-state index is 12.8. The normalized spacial score (nSPS) is 13.9. The van der Waals surface area contributed by atoms with Crippen molar-refractivity contribution < 1.29 is 41.0 Å². The molecular formula is C19H17ClF3NO6S. The van der Waals surface area contributed by atoms with Crippen LogP contribution in [0.3, 0.4) is 0 Å². The third kappa shape index (κ3) is 5.17. The number of carbonyl (C=O) groups excluding carboxylic acids is 2. The van der Waals surface area contributed by atoms with Gasteiger partial charge in [0.05, 0.1) is 32.7 Å². The molecule has 2 rings (SSSR count). The minimum Gasteiger partial charge on any atom is -0.462 e. The summed E-state index contributed by atoms with van der Waals surface area (Å²) in [5, 5.41) is 10.8. The highest BCUT2D eigenvalue weighted by Gasteiger charge is 2.55. The summed E-state index contributed by atoms with van der Waals surface area (Å²) in [5.74, 6) is -2.41. The molecular weight excluding hydrogens is 463 g/mol. The van der Waals surface area contributed by atoms with Crippen molar-refractivity contribution in [3.05, 3.63) is 53.1 Å². The first-order valence-corrected chi connectivity index (χ1v) is 10.5. The average molecular weight is 480 g/mol. The number of nitrogens with one attached hydrogen (secondary N) is 1. The molecule has 0 aliphatic heterocycles. The first-order chi connectivity index (χ1) is 14.2. The van der Waals surface area contributed by atoms with Gasteiger partial charge in [-0.15, -0.1) is 0 Å². The number of sulfone groups is 1. The second-order valence-electron chi connectivity index (χ2n) is 6.41. The number of alkyl halides is 3. The summed E-state index contributed by atoms with van der Waals surface area (Å²) < 4.78 is 68.6. The van der Waals surface area contributed by atoms with Crippen molar-refractivity contribution in [3.63, 3.8) is 0 Å². The summed E-state index contributed by atoms with van der Waals surface area (Å²) in [6.45, 7) is 2.05. The molecule has 2 aromatic rings. The van der Waals surface area contributed by atoms with Gasteiger partial charge in [-0.1, -0.05) is 11.6 Å². The Kier molecular flexibility index (Phi) is 7.03. The van der Waals surface area contributed by atoms with Gasteiger partial charge in [0, 0.05) is 0 Å². The van der Waals surface area contributed by atoms with E-state index in [0.717, 1.165) is 18.2 Å². The Balaban J connectivity index is 2.29. The molecule has 1 unspecified atom stereocenters. The molecule has 12 heteroatoms. The van der Waals surface area contributed by atoms with Crippen molar-refractivity contribution in [1.82, 2.24) is 0 Å². The predicted molar refractivity (Wildman–Crippen MR) is 105 cm³/mol. The molecule has 0 aliphatic rings. The summed E-state index contributed by atoms with van der Waals surface area (Å²) in [6, 6.07) is 7.86. The van der Waals surface area contributed by atoms with Gasteiger partial charge in [-0.3, -0.25) is 4.79 Å². The van der Waals surface area contributed by atoms with Crippen LogP contribution in [0.4, 0.5) is 18.9 Å². The highest BCUT2D eigenvalue weighted by Crippen LogP contribution is 2.33. The third-order valence-electron chi connectivity index (χ3n) is 4.17. The SMILES string of the molecule is CCOC(=O)c1ccc(S(=O)(=O)c2ccc(NC(=O)C(C)(O)C(F)(F)F)c(Cl)c2)cc1. The van der Waals surface area contributed by atoms with Crippen LogP contribution in [0.15, 0.2) is 52.3 Å². The number of carbonyl (C=O) groups is 2. The van der Waals surface area contributed by atoms with Crippen LogP contribution in [0.1, 0.15) is 24.2 Å². The molecule has 0 bridgehead atoms. The lowest BCUT2D eigenvalue weighted by Gasteiger charge is -2.25. The largest absolute Gasteiger partial charge is 0.462 e. The van der Waals surface area contributed by atoms with E-state index in [1.807, 2.05) is 5.32 Å². The minimum absolute atomic E-state index is 0.147. The molecule has 0 aromatic heterocycles. The number of benzene rings is 2. The maximum Gasteiger partial charge on any atom is 0.426 e. The lowest BCUT2D eigenvalue weighted by atomic mass is 10.1. The van der Waals surface area contributed by atoms with Crippen molar-refractivity contribution in [2.45, 2.75) is 35.4 Å². The van der Waals surface area contributed by atoms with Crippen molar-refractivity contribution in [2.24, 2.45) is 0 Å². The number of anilines is 1. The van der Waals surface area contributed by atoms with Gasteiger partial charge in [0.15, 0.2) is 0 Å². The fourth-order valence-corrected chi connectivity index (χ4v) is 3.84. The molecule has 0 spiro atoms. The van der Waals surface area contributed by atoms with E-state index in [0.29, 0.717) is 0 Å². The van der Waals surface area contributed by atoms with E-state index in [2.05, 4.69) is 0 Å². The number of hydrogen-bond acceptors (Lipinski definition) is 6. The first-order valence-electron chi connectivity index (χ1n) is 8.64. The zero-order valence-corrected chi connectivity index (χ0v) is 17.7. The Labute approximate surface area is 180 Å². The van der Waals surface area contributed by atoms with E-state index >= 15 is 0 Å². The van der Waals surface area contributed by atoms with Gasteiger partial charge in [-0.05, 0) is 56.3 Å². The number of amides is 1. The summed E-state index contributed by atoms with van der Waals surface area (Å²) >= 11 is 5.93. The highest BCUT2D eigenvalue weighted by atomic mass is 35.5. The average Bonchev–Trinajstić information content (AvgIpc) is 2.68. The van der Waals surface area contributed by atoms with E-state index < -0.39 is 33.5 Å². The quantitative estimate of drug-likeness (QED) is 0.613. The zero-order chi connectivity index (χ0) is 23.6. The number of ether oxygens (including phenoxy) is 1. The van der Waals surface area contributed by atoms with Crippen molar-refractivity contribution in [1.29, 1.82) is 0 Å². The Hall–Kier alpha value is -2.63. The fourth-order valence-electron chi connectivity index (χ4n) is 2.26. The fraction of sp³-hybridized carbons (Fsp3) is 0.263. The molecule has 2 aromatic carbocycles. The standard InChI is InChI=1S/C19H17ClF3NO6S/c1-3-30-16(25)11-4-6-12(7-5-11)31(28,29)13-8-9-15(14(20)10-13)24-17(26)18(2,27)19(21,22)23/h4-10,27H,3H2,1-2H3,(H,24,26). The Morgan fingerprint density at radius 1 is 1.10 bits per heavy atom. The zero-order valence-electron chi connectivity index (χ0n) is 16.2. The number of halogens is 4. The van der Waals surface area contributed by atoms with Gasteiger partial charge in [-0.25, -0.2) is 13.2 Å². The van der Waals surface area contributed by atoms with Gasteiger partial charge < -0.3 is 15.2 Å². The lowest BCUT2D eigenvalue weighted by Crippen LogP contribution is -2.52. The van der Waals surface area contributed by atoms with Crippen LogP contribution < -0.4 is 5.32 Å². The second kappa shape index (κ2) is 8.85. The molecule has 168 valence electrons. The molecule has 0 fully saturated rings. The Morgan fingerprint density at radius 3 is 2.13 bits per heavy atom. The predicted octanol–water partition coefficient (Wildman–Crippen LogP) is 3.60.